The van der Waals surface area contributed by atoms with Crippen molar-refractivity contribution in [3.8, 4) is 0 Å². The van der Waals surface area contributed by atoms with E-state index in [1.54, 1.807) is 11.3 Å². The van der Waals surface area contributed by atoms with E-state index in [9.17, 15) is 0 Å². The van der Waals surface area contributed by atoms with Gasteiger partial charge in [-0.1, -0.05) is 0 Å². The van der Waals surface area contributed by atoms with Crippen LogP contribution in [0.1, 0.15) is 30.7 Å². The second kappa shape index (κ2) is 5.43. The molecule has 1 fully saturated rings. The van der Waals surface area contributed by atoms with Gasteiger partial charge in [0.25, 0.3) is 0 Å². The Morgan fingerprint density at radius 1 is 1.60 bits per heavy atom. The molecule has 0 saturated carbocycles. The summed E-state index contributed by atoms with van der Waals surface area (Å²) in [5, 5.41) is 3.61. The van der Waals surface area contributed by atoms with E-state index in [2.05, 4.69) is 40.3 Å². The molecule has 1 saturated heterocycles. The Morgan fingerprint density at radius 2 is 2.47 bits per heavy atom. The SMILES string of the molecule is CC(NC1CCCOC1)c1ccc(Br)s1. The molecule has 1 aromatic rings. The number of rotatable bonds is 3. The van der Waals surface area contributed by atoms with Gasteiger partial charge < -0.3 is 10.1 Å². The van der Waals surface area contributed by atoms with Gasteiger partial charge in [0.05, 0.1) is 10.4 Å². The van der Waals surface area contributed by atoms with Crippen molar-refractivity contribution in [2.24, 2.45) is 0 Å². The first-order valence-corrected chi connectivity index (χ1v) is 6.95. The van der Waals surface area contributed by atoms with Gasteiger partial charge in [-0.25, -0.2) is 0 Å². The number of hydrogen-bond acceptors (Lipinski definition) is 3. The normalized spacial score (nSPS) is 24.0. The second-order valence-electron chi connectivity index (χ2n) is 3.94. The molecule has 0 aliphatic carbocycles. The van der Waals surface area contributed by atoms with Gasteiger partial charge in [-0.3, -0.25) is 0 Å². The van der Waals surface area contributed by atoms with E-state index >= 15 is 0 Å². The Bertz CT molecular complexity index is 309. The van der Waals surface area contributed by atoms with E-state index in [0.717, 1.165) is 13.2 Å². The van der Waals surface area contributed by atoms with Gasteiger partial charge in [-0.05, 0) is 47.8 Å². The highest BCUT2D eigenvalue weighted by Crippen LogP contribution is 2.27. The van der Waals surface area contributed by atoms with Crippen molar-refractivity contribution in [1.82, 2.24) is 5.32 Å². The molecule has 0 bridgehead atoms. The van der Waals surface area contributed by atoms with Gasteiger partial charge >= 0.3 is 0 Å². The molecule has 84 valence electrons. The predicted molar refractivity (Wildman–Crippen MR) is 67.4 cm³/mol. The quantitative estimate of drug-likeness (QED) is 0.922. The second-order valence-corrected chi connectivity index (χ2v) is 6.44. The zero-order valence-electron chi connectivity index (χ0n) is 8.83. The first-order valence-electron chi connectivity index (χ1n) is 5.35. The Balaban J connectivity index is 1.88. The molecule has 4 heteroatoms. The van der Waals surface area contributed by atoms with Crippen molar-refractivity contribution in [1.29, 1.82) is 0 Å². The summed E-state index contributed by atoms with van der Waals surface area (Å²) in [5.74, 6) is 0. The predicted octanol–water partition coefficient (Wildman–Crippen LogP) is 3.34. The fraction of sp³-hybridized carbons (Fsp3) is 0.636. The summed E-state index contributed by atoms with van der Waals surface area (Å²) >= 11 is 5.29. The van der Waals surface area contributed by atoms with Crippen LogP contribution in [-0.2, 0) is 4.74 Å². The molecule has 2 heterocycles. The molecule has 1 aromatic heterocycles. The maximum atomic E-state index is 5.46. The minimum atomic E-state index is 0.424. The summed E-state index contributed by atoms with van der Waals surface area (Å²) in [6.45, 7) is 4.00. The van der Waals surface area contributed by atoms with Gasteiger partial charge in [0, 0.05) is 23.6 Å². The zero-order chi connectivity index (χ0) is 10.7. The third-order valence-electron chi connectivity index (χ3n) is 2.67. The monoisotopic (exact) mass is 289 g/mol. The standard InChI is InChI=1S/C11H16BrNOS/c1-8(10-4-5-11(12)15-10)13-9-3-2-6-14-7-9/h4-5,8-9,13H,2-3,6-7H2,1H3. The van der Waals surface area contributed by atoms with Gasteiger partial charge in [0.2, 0.25) is 0 Å². The molecule has 0 radical (unpaired) electrons. The highest BCUT2D eigenvalue weighted by Gasteiger charge is 2.17. The summed E-state index contributed by atoms with van der Waals surface area (Å²) in [5.41, 5.74) is 0. The van der Waals surface area contributed by atoms with Gasteiger partial charge in [0.15, 0.2) is 0 Å². The highest BCUT2D eigenvalue weighted by atomic mass is 79.9. The maximum Gasteiger partial charge on any atom is 0.0701 e. The number of ether oxygens (including phenoxy) is 1. The number of hydrogen-bond donors (Lipinski definition) is 1. The number of thiophene rings is 1. The number of nitrogens with one attached hydrogen (secondary N) is 1. The lowest BCUT2D eigenvalue weighted by atomic mass is 10.1. The van der Waals surface area contributed by atoms with Crippen LogP contribution in [0, 0.1) is 0 Å². The van der Waals surface area contributed by atoms with E-state index in [4.69, 9.17) is 4.74 Å². The van der Waals surface area contributed by atoms with Crippen LogP contribution in [0.2, 0.25) is 0 Å². The van der Waals surface area contributed by atoms with Crippen LogP contribution in [0.25, 0.3) is 0 Å². The fourth-order valence-corrected chi connectivity index (χ4v) is 3.30. The molecule has 0 aromatic carbocycles. The summed E-state index contributed by atoms with van der Waals surface area (Å²) in [7, 11) is 0. The molecule has 2 nitrogen and oxygen atoms in total. The molecular formula is C11H16BrNOS. The lowest BCUT2D eigenvalue weighted by Crippen LogP contribution is -2.38. The van der Waals surface area contributed by atoms with Gasteiger partial charge in [0.1, 0.15) is 0 Å². The Morgan fingerprint density at radius 3 is 3.07 bits per heavy atom. The third-order valence-corrected chi connectivity index (χ3v) is 4.47. The van der Waals surface area contributed by atoms with Crippen LogP contribution in [0.4, 0.5) is 0 Å². The van der Waals surface area contributed by atoms with Crippen LogP contribution in [0.3, 0.4) is 0 Å². The molecule has 2 unspecified atom stereocenters. The molecule has 2 atom stereocenters. The summed E-state index contributed by atoms with van der Waals surface area (Å²) in [6, 6.07) is 5.23. The molecule has 0 amide bonds. The van der Waals surface area contributed by atoms with Crippen LogP contribution < -0.4 is 5.32 Å². The van der Waals surface area contributed by atoms with E-state index < -0.39 is 0 Å². The van der Waals surface area contributed by atoms with Crippen molar-refractivity contribution in [2.45, 2.75) is 31.8 Å². The van der Waals surface area contributed by atoms with Crippen LogP contribution >= 0.6 is 27.3 Å². The summed E-state index contributed by atoms with van der Waals surface area (Å²) in [6.07, 6.45) is 2.41. The molecule has 0 spiro atoms. The molecule has 15 heavy (non-hydrogen) atoms. The lowest BCUT2D eigenvalue weighted by Gasteiger charge is -2.26. The van der Waals surface area contributed by atoms with E-state index in [1.165, 1.54) is 21.5 Å². The van der Waals surface area contributed by atoms with Crippen molar-refractivity contribution >= 4 is 27.3 Å². The van der Waals surface area contributed by atoms with E-state index in [-0.39, 0.29) is 0 Å². The smallest absolute Gasteiger partial charge is 0.0701 e. The first kappa shape index (κ1) is 11.6. The van der Waals surface area contributed by atoms with E-state index in [1.807, 2.05) is 0 Å². The van der Waals surface area contributed by atoms with Crippen LogP contribution in [0.5, 0.6) is 0 Å². The third kappa shape index (κ3) is 3.28. The molecule has 1 aliphatic heterocycles. The van der Waals surface area contributed by atoms with Crippen molar-refractivity contribution in [2.75, 3.05) is 13.2 Å². The largest absolute Gasteiger partial charge is 0.380 e. The summed E-state index contributed by atoms with van der Waals surface area (Å²) < 4.78 is 6.66. The Hall–Kier alpha value is 0.1000. The average molecular weight is 290 g/mol. The molecule has 1 N–H and O–H groups in total. The zero-order valence-corrected chi connectivity index (χ0v) is 11.2. The summed E-state index contributed by atoms with van der Waals surface area (Å²) in [4.78, 5) is 1.38. The molecular weight excluding hydrogens is 274 g/mol. The van der Waals surface area contributed by atoms with Crippen molar-refractivity contribution in [3.63, 3.8) is 0 Å². The molecule has 1 aliphatic rings. The molecule has 2 rings (SSSR count). The minimum Gasteiger partial charge on any atom is -0.380 e. The average Bonchev–Trinajstić information content (AvgIpc) is 2.66. The van der Waals surface area contributed by atoms with Gasteiger partial charge in [-0.15, -0.1) is 11.3 Å². The van der Waals surface area contributed by atoms with Crippen LogP contribution in [-0.4, -0.2) is 19.3 Å². The minimum absolute atomic E-state index is 0.424. The Kier molecular flexibility index (Phi) is 4.20. The van der Waals surface area contributed by atoms with Crippen molar-refractivity contribution in [3.05, 3.63) is 20.8 Å². The first-order chi connectivity index (χ1) is 7.25. The lowest BCUT2D eigenvalue weighted by molar-refractivity contribution is 0.0672. The Labute approximate surface area is 103 Å². The highest BCUT2D eigenvalue weighted by molar-refractivity contribution is 9.11. The van der Waals surface area contributed by atoms with Crippen molar-refractivity contribution < 1.29 is 4.74 Å². The topological polar surface area (TPSA) is 21.3 Å². The maximum absolute atomic E-state index is 5.46. The number of halogens is 1. The fourth-order valence-electron chi connectivity index (χ4n) is 1.87. The van der Waals surface area contributed by atoms with Gasteiger partial charge in [-0.2, -0.15) is 0 Å². The van der Waals surface area contributed by atoms with Crippen LogP contribution in [0.15, 0.2) is 15.9 Å². The van der Waals surface area contributed by atoms with E-state index in [0.29, 0.717) is 12.1 Å².